The van der Waals surface area contributed by atoms with Crippen molar-refractivity contribution in [3.8, 4) is 11.3 Å². The number of hydrogen-bond donors (Lipinski definition) is 0. The highest BCUT2D eigenvalue weighted by molar-refractivity contribution is 9.10. The molecule has 0 N–H and O–H groups in total. The van der Waals surface area contributed by atoms with E-state index in [9.17, 15) is 9.18 Å². The van der Waals surface area contributed by atoms with E-state index in [4.69, 9.17) is 4.98 Å². The molecule has 5 rings (SSSR count). The van der Waals surface area contributed by atoms with Crippen LogP contribution in [0.15, 0.2) is 83.3 Å². The van der Waals surface area contributed by atoms with E-state index in [1.807, 2.05) is 59.5 Å². The van der Waals surface area contributed by atoms with Crippen LogP contribution in [0.25, 0.3) is 22.2 Å². The zero-order valence-electron chi connectivity index (χ0n) is 17.3. The number of benzene rings is 3. The summed E-state index contributed by atoms with van der Waals surface area (Å²) in [7, 11) is 0. The lowest BCUT2D eigenvalue weighted by molar-refractivity contribution is 0.0748. The Balaban J connectivity index is 1.43. The Bertz CT molecular complexity index is 1270. The number of carbonyl (C=O) groups is 1. The maximum Gasteiger partial charge on any atom is 0.254 e. The lowest BCUT2D eigenvalue weighted by atomic mass is 10.0. The third-order valence-corrected chi connectivity index (χ3v) is 6.37. The fourth-order valence-electron chi connectivity index (χ4n) is 4.11. The van der Waals surface area contributed by atoms with Crippen molar-refractivity contribution >= 4 is 38.4 Å². The Labute approximate surface area is 194 Å². The summed E-state index contributed by atoms with van der Waals surface area (Å²) >= 11 is 3.47. The van der Waals surface area contributed by atoms with Crippen molar-refractivity contribution in [2.45, 2.75) is 0 Å². The van der Waals surface area contributed by atoms with Crippen LogP contribution in [0.4, 0.5) is 10.1 Å². The number of fused-ring (bicyclic) bond motifs is 1. The average molecular weight is 490 g/mol. The standard InChI is InChI=1S/C26H21BrFN3O/c27-19-7-5-18(6-8-19)25-17-23(22-3-1-2-4-24(22)29-25)26(32)31-15-13-30(14-16-31)21-11-9-20(28)10-12-21/h1-12,17H,13-16H2. The normalized spacial score (nSPS) is 14.1. The van der Waals surface area contributed by atoms with Gasteiger partial charge in [0.25, 0.3) is 5.91 Å². The van der Waals surface area contributed by atoms with Crippen molar-refractivity contribution in [1.82, 2.24) is 9.88 Å². The number of rotatable bonds is 3. The number of halogens is 2. The Morgan fingerprint density at radius 1 is 0.875 bits per heavy atom. The molecule has 1 saturated heterocycles. The summed E-state index contributed by atoms with van der Waals surface area (Å²) in [5, 5.41) is 0.860. The summed E-state index contributed by atoms with van der Waals surface area (Å²) in [4.78, 5) is 22.4. The summed E-state index contributed by atoms with van der Waals surface area (Å²) in [6.07, 6.45) is 0. The van der Waals surface area contributed by atoms with Crippen molar-refractivity contribution in [2.24, 2.45) is 0 Å². The van der Waals surface area contributed by atoms with Gasteiger partial charge in [0.1, 0.15) is 5.82 Å². The van der Waals surface area contributed by atoms with Crippen molar-refractivity contribution in [3.63, 3.8) is 0 Å². The monoisotopic (exact) mass is 489 g/mol. The van der Waals surface area contributed by atoms with Gasteiger partial charge < -0.3 is 9.80 Å². The van der Waals surface area contributed by atoms with Gasteiger partial charge in [-0.05, 0) is 48.5 Å². The maximum atomic E-state index is 13.6. The number of anilines is 1. The highest BCUT2D eigenvalue weighted by Crippen LogP contribution is 2.27. The van der Waals surface area contributed by atoms with E-state index in [1.54, 1.807) is 12.1 Å². The minimum Gasteiger partial charge on any atom is -0.368 e. The van der Waals surface area contributed by atoms with E-state index < -0.39 is 0 Å². The number of hydrogen-bond acceptors (Lipinski definition) is 3. The van der Waals surface area contributed by atoms with Gasteiger partial charge in [0.2, 0.25) is 0 Å². The summed E-state index contributed by atoms with van der Waals surface area (Å²) in [6.45, 7) is 2.64. The highest BCUT2D eigenvalue weighted by atomic mass is 79.9. The fourth-order valence-corrected chi connectivity index (χ4v) is 4.38. The lowest BCUT2D eigenvalue weighted by Gasteiger charge is -2.36. The summed E-state index contributed by atoms with van der Waals surface area (Å²) < 4.78 is 14.2. The van der Waals surface area contributed by atoms with Crippen LogP contribution >= 0.6 is 15.9 Å². The smallest absolute Gasteiger partial charge is 0.254 e. The van der Waals surface area contributed by atoms with Gasteiger partial charge in [-0.1, -0.05) is 46.3 Å². The third kappa shape index (κ3) is 4.10. The lowest BCUT2D eigenvalue weighted by Crippen LogP contribution is -2.48. The molecule has 0 spiro atoms. The molecule has 0 atom stereocenters. The highest BCUT2D eigenvalue weighted by Gasteiger charge is 2.24. The van der Waals surface area contributed by atoms with E-state index in [1.165, 1.54) is 12.1 Å². The molecule has 3 aromatic carbocycles. The quantitative estimate of drug-likeness (QED) is 0.366. The Morgan fingerprint density at radius 2 is 1.56 bits per heavy atom. The first-order chi connectivity index (χ1) is 15.6. The molecule has 1 fully saturated rings. The second-order valence-corrected chi connectivity index (χ2v) is 8.75. The molecule has 1 aliphatic heterocycles. The predicted molar refractivity (Wildman–Crippen MR) is 129 cm³/mol. The van der Waals surface area contributed by atoms with Crippen LogP contribution < -0.4 is 4.90 Å². The molecule has 32 heavy (non-hydrogen) atoms. The molecule has 2 heterocycles. The van der Waals surface area contributed by atoms with Crippen LogP contribution in [0.5, 0.6) is 0 Å². The molecule has 4 aromatic rings. The fraction of sp³-hybridized carbons (Fsp3) is 0.154. The van der Waals surface area contributed by atoms with Crippen LogP contribution in [-0.2, 0) is 0 Å². The SMILES string of the molecule is O=C(c1cc(-c2ccc(Br)cc2)nc2ccccc12)N1CCN(c2ccc(F)cc2)CC1. The maximum absolute atomic E-state index is 13.6. The predicted octanol–water partition coefficient (Wildman–Crippen LogP) is 5.77. The number of aromatic nitrogens is 1. The molecular weight excluding hydrogens is 469 g/mol. The largest absolute Gasteiger partial charge is 0.368 e. The van der Waals surface area contributed by atoms with Crippen LogP contribution in [0, 0.1) is 5.82 Å². The molecule has 0 aliphatic carbocycles. The van der Waals surface area contributed by atoms with Crippen LogP contribution in [0.1, 0.15) is 10.4 Å². The van der Waals surface area contributed by atoms with E-state index in [0.717, 1.165) is 32.3 Å². The molecular formula is C26H21BrFN3O. The molecule has 1 aliphatic rings. The van der Waals surface area contributed by atoms with Crippen LogP contribution in [0.3, 0.4) is 0 Å². The zero-order valence-corrected chi connectivity index (χ0v) is 18.9. The number of nitrogens with zero attached hydrogens (tertiary/aromatic N) is 3. The molecule has 4 nitrogen and oxygen atoms in total. The molecule has 0 radical (unpaired) electrons. The van der Waals surface area contributed by atoms with Gasteiger partial charge in [-0.25, -0.2) is 9.37 Å². The average Bonchev–Trinajstić information content (AvgIpc) is 2.84. The second-order valence-electron chi connectivity index (χ2n) is 7.83. The van der Waals surface area contributed by atoms with E-state index in [-0.39, 0.29) is 11.7 Å². The number of amides is 1. The van der Waals surface area contributed by atoms with E-state index >= 15 is 0 Å². The number of para-hydroxylation sites is 1. The number of carbonyl (C=O) groups excluding carboxylic acids is 1. The molecule has 0 unspecified atom stereocenters. The topological polar surface area (TPSA) is 36.4 Å². The Morgan fingerprint density at radius 3 is 2.28 bits per heavy atom. The van der Waals surface area contributed by atoms with Gasteiger partial charge in [0, 0.05) is 47.3 Å². The zero-order chi connectivity index (χ0) is 22.1. The molecule has 1 amide bonds. The summed E-state index contributed by atoms with van der Waals surface area (Å²) in [5.41, 5.74) is 4.20. The second kappa shape index (κ2) is 8.71. The first-order valence-corrected chi connectivity index (χ1v) is 11.3. The number of pyridine rings is 1. The van der Waals surface area contributed by atoms with Gasteiger partial charge in [0.15, 0.2) is 0 Å². The first kappa shape index (κ1) is 20.6. The van der Waals surface area contributed by atoms with E-state index in [2.05, 4.69) is 20.8 Å². The Kier molecular flexibility index (Phi) is 5.62. The van der Waals surface area contributed by atoms with Crippen molar-refractivity contribution in [1.29, 1.82) is 0 Å². The van der Waals surface area contributed by atoms with Crippen molar-refractivity contribution in [3.05, 3.63) is 94.7 Å². The van der Waals surface area contributed by atoms with E-state index in [0.29, 0.717) is 31.7 Å². The van der Waals surface area contributed by atoms with Gasteiger partial charge in [-0.3, -0.25) is 4.79 Å². The van der Waals surface area contributed by atoms with Crippen molar-refractivity contribution < 1.29 is 9.18 Å². The molecule has 0 bridgehead atoms. The molecule has 6 heteroatoms. The first-order valence-electron chi connectivity index (χ1n) is 10.5. The van der Waals surface area contributed by atoms with Crippen molar-refractivity contribution in [2.75, 3.05) is 31.1 Å². The Hall–Kier alpha value is -3.25. The molecule has 1 aromatic heterocycles. The molecule has 160 valence electrons. The minimum absolute atomic E-state index is 0.0146. The van der Waals surface area contributed by atoms with Gasteiger partial charge in [-0.2, -0.15) is 0 Å². The van der Waals surface area contributed by atoms with Crippen LogP contribution in [0.2, 0.25) is 0 Å². The minimum atomic E-state index is -0.242. The molecule has 0 saturated carbocycles. The summed E-state index contributed by atoms with van der Waals surface area (Å²) in [6, 6.07) is 24.1. The van der Waals surface area contributed by atoms with Gasteiger partial charge in [-0.15, -0.1) is 0 Å². The number of piperazine rings is 1. The summed E-state index contributed by atoms with van der Waals surface area (Å²) in [5.74, 6) is -0.227. The van der Waals surface area contributed by atoms with Gasteiger partial charge >= 0.3 is 0 Å². The van der Waals surface area contributed by atoms with Gasteiger partial charge in [0.05, 0.1) is 16.8 Å². The third-order valence-electron chi connectivity index (χ3n) is 5.85. The van der Waals surface area contributed by atoms with Crippen LogP contribution in [-0.4, -0.2) is 42.0 Å².